The van der Waals surface area contributed by atoms with E-state index in [1.54, 1.807) is 41.2 Å². The molecule has 2 saturated carbocycles. The van der Waals surface area contributed by atoms with E-state index in [1.165, 1.54) is 25.3 Å². The molecule has 4 aromatic rings. The first-order chi connectivity index (χ1) is 32.0. The highest BCUT2D eigenvalue weighted by atomic mass is 19.3. The van der Waals surface area contributed by atoms with Crippen LogP contribution in [0.15, 0.2) is 53.4 Å². The number of likely N-dealkylation sites (N-methyl/N-ethyl adjacent to an activating group) is 1. The molecule has 2 saturated heterocycles. The number of rotatable bonds is 18. The molecule has 1 unspecified atom stereocenters. The number of pyridine rings is 1. The van der Waals surface area contributed by atoms with E-state index in [0.29, 0.717) is 42.1 Å². The number of piperidine rings is 1. The van der Waals surface area contributed by atoms with Gasteiger partial charge in [0.2, 0.25) is 17.7 Å². The zero-order chi connectivity index (χ0) is 45.9. The molecule has 20 heteroatoms. The summed E-state index contributed by atoms with van der Waals surface area (Å²) in [5.74, 6) is -0.809. The van der Waals surface area contributed by atoms with Crippen molar-refractivity contribution >= 4 is 46.7 Å². The van der Waals surface area contributed by atoms with Crippen LogP contribution in [-0.2, 0) is 14.3 Å². The van der Waals surface area contributed by atoms with Crippen molar-refractivity contribution in [2.75, 3.05) is 75.4 Å². The van der Waals surface area contributed by atoms with Gasteiger partial charge >= 0.3 is 0 Å². The van der Waals surface area contributed by atoms with Crippen molar-refractivity contribution in [2.45, 2.75) is 82.4 Å². The third-order valence-corrected chi connectivity index (χ3v) is 13.2. The Morgan fingerprint density at radius 1 is 0.985 bits per heavy atom. The van der Waals surface area contributed by atoms with Crippen molar-refractivity contribution in [2.24, 2.45) is 11.8 Å². The van der Waals surface area contributed by atoms with Gasteiger partial charge in [0.15, 0.2) is 11.4 Å². The van der Waals surface area contributed by atoms with Crippen LogP contribution in [0.3, 0.4) is 0 Å². The fourth-order valence-electron chi connectivity index (χ4n) is 9.52. The number of alkyl halides is 2. The summed E-state index contributed by atoms with van der Waals surface area (Å²) in [4.78, 5) is 78.3. The maximum atomic E-state index is 14.2. The minimum atomic E-state index is -2.89. The van der Waals surface area contributed by atoms with E-state index in [9.17, 15) is 32.8 Å². The normalized spacial score (nSPS) is 22.5. The Bertz CT molecular complexity index is 2450. The summed E-state index contributed by atoms with van der Waals surface area (Å²) < 4.78 is 41.7. The summed E-state index contributed by atoms with van der Waals surface area (Å²) in [5.41, 5.74) is 1.09. The number of carbonyl (C=O) groups is 5. The minimum Gasteiger partial charge on any atom is -0.444 e. The van der Waals surface area contributed by atoms with Crippen molar-refractivity contribution in [3.63, 3.8) is 0 Å². The molecule has 66 heavy (non-hydrogen) atoms. The molecule has 0 spiro atoms. The van der Waals surface area contributed by atoms with Crippen molar-refractivity contribution in [3.8, 4) is 11.5 Å². The molecule has 350 valence electrons. The fourth-order valence-corrected chi connectivity index (χ4v) is 9.52. The number of nitrogens with zero attached hydrogens (tertiary/aromatic N) is 7. The molecular formula is C46H55F2N11O7. The number of hydrogen-bond donors (Lipinski definition) is 4. The Labute approximate surface area is 380 Å². The second kappa shape index (κ2) is 19.8. The summed E-state index contributed by atoms with van der Waals surface area (Å²) in [5, 5.41) is 15.7. The van der Waals surface area contributed by atoms with Gasteiger partial charge in [-0.3, -0.25) is 43.8 Å². The smallest absolute Gasteiger partial charge is 0.284 e. The van der Waals surface area contributed by atoms with E-state index in [4.69, 9.17) is 9.15 Å². The minimum absolute atomic E-state index is 0.0315. The number of fused-ring (bicyclic) bond motifs is 1. The van der Waals surface area contributed by atoms with E-state index in [0.717, 1.165) is 76.3 Å². The van der Waals surface area contributed by atoms with Crippen LogP contribution in [0, 0.1) is 11.8 Å². The number of halogens is 2. The molecule has 1 aromatic carbocycles. The standard InChI is InChI=1S/C46H55F2N11O7/c1-56(23-31-24-57(18-19-65-31)17-3-15-49-33-5-2-4-32-39(33)46(64)59(45(32)63)36-12-13-38(60)54-43(36)62)22-28-8-10-30(11-9-28)58-25-34(40(55-58)41(47)48)52-42(61)35-26-66-44(53-35)29-14-16-50-37(20-29)51-21-27-6-7-27/h2,4-5,14,16,20,25-28,30-31,36,41,49H,3,6-13,15,17-19,21-24H2,1H3,(H,50,51)(H,52,61)(H,54,60,62)/t28-,30-,31-,36?/m1/s1. The lowest BCUT2D eigenvalue weighted by Crippen LogP contribution is -2.54. The summed E-state index contributed by atoms with van der Waals surface area (Å²) >= 11 is 0. The summed E-state index contributed by atoms with van der Waals surface area (Å²) in [7, 11) is 2.10. The van der Waals surface area contributed by atoms with Crippen LogP contribution >= 0.6 is 0 Å². The van der Waals surface area contributed by atoms with E-state index >= 15 is 0 Å². The molecule has 9 rings (SSSR count). The molecule has 0 radical (unpaired) electrons. The van der Waals surface area contributed by atoms with Gasteiger partial charge in [-0.1, -0.05) is 6.07 Å². The van der Waals surface area contributed by atoms with Gasteiger partial charge in [-0.15, -0.1) is 0 Å². The van der Waals surface area contributed by atoms with E-state index in [1.807, 2.05) is 0 Å². The largest absolute Gasteiger partial charge is 0.444 e. The van der Waals surface area contributed by atoms with Crippen LogP contribution in [-0.4, -0.2) is 136 Å². The van der Waals surface area contributed by atoms with Crippen molar-refractivity contribution in [3.05, 3.63) is 71.5 Å². The van der Waals surface area contributed by atoms with E-state index in [2.05, 4.69) is 53.2 Å². The average Bonchev–Trinajstić information content (AvgIpc) is 3.71. The van der Waals surface area contributed by atoms with Gasteiger partial charge in [-0.05, 0) is 94.5 Å². The topological polar surface area (TPSA) is 209 Å². The Balaban J connectivity index is 0.706. The Hall–Kier alpha value is -6.12. The second-order valence-electron chi connectivity index (χ2n) is 18.1. The number of benzene rings is 1. The quantitative estimate of drug-likeness (QED) is 0.0747. The molecule has 3 aromatic heterocycles. The van der Waals surface area contributed by atoms with Gasteiger partial charge in [0.25, 0.3) is 24.1 Å². The monoisotopic (exact) mass is 911 g/mol. The number of anilines is 3. The van der Waals surface area contributed by atoms with E-state index in [-0.39, 0.29) is 53.4 Å². The van der Waals surface area contributed by atoms with Crippen LogP contribution < -0.4 is 21.3 Å². The van der Waals surface area contributed by atoms with Gasteiger partial charge in [-0.25, -0.2) is 18.7 Å². The number of morpholine rings is 1. The maximum Gasteiger partial charge on any atom is 0.284 e. The Morgan fingerprint density at radius 2 is 1.80 bits per heavy atom. The molecule has 4 fully saturated rings. The van der Waals surface area contributed by atoms with Crippen LogP contribution in [0.5, 0.6) is 0 Å². The van der Waals surface area contributed by atoms with Crippen molar-refractivity contribution in [1.29, 1.82) is 0 Å². The number of nitrogens with one attached hydrogen (secondary N) is 4. The van der Waals surface area contributed by atoms with Crippen molar-refractivity contribution in [1.82, 2.24) is 39.8 Å². The molecular weight excluding hydrogens is 857 g/mol. The maximum absolute atomic E-state index is 14.2. The van der Waals surface area contributed by atoms with E-state index < -0.39 is 47.7 Å². The number of amides is 5. The predicted molar refractivity (Wildman–Crippen MR) is 237 cm³/mol. The fraction of sp³-hybridized carbons (Fsp3) is 0.522. The molecule has 0 bridgehead atoms. The first kappa shape index (κ1) is 45.1. The number of imide groups is 2. The second-order valence-corrected chi connectivity index (χ2v) is 18.1. The highest BCUT2D eigenvalue weighted by molar-refractivity contribution is 6.25. The van der Waals surface area contributed by atoms with Crippen molar-refractivity contribution < 1.29 is 41.9 Å². The molecule has 4 N–H and O–H groups in total. The van der Waals surface area contributed by atoms with Crippen LogP contribution in [0.1, 0.15) is 107 Å². The van der Waals surface area contributed by atoms with Gasteiger partial charge in [0.1, 0.15) is 18.1 Å². The number of ether oxygens (including phenoxy) is 1. The zero-order valence-corrected chi connectivity index (χ0v) is 36.8. The Morgan fingerprint density at radius 3 is 2.59 bits per heavy atom. The predicted octanol–water partition coefficient (Wildman–Crippen LogP) is 5.21. The van der Waals surface area contributed by atoms with Gasteiger partial charge in [-0.2, -0.15) is 5.10 Å². The summed E-state index contributed by atoms with van der Waals surface area (Å²) in [6.07, 6.45) is 8.18. The third-order valence-electron chi connectivity index (χ3n) is 13.2. The van der Waals surface area contributed by atoms with Gasteiger partial charge in [0, 0.05) is 75.9 Å². The van der Waals surface area contributed by atoms with Gasteiger partial charge in [0.05, 0.1) is 35.6 Å². The molecule has 3 aliphatic heterocycles. The lowest BCUT2D eigenvalue weighted by atomic mass is 9.86. The SMILES string of the molecule is CN(C[C@@H]1CN(CCCNc2cccc3c2C(=O)N(C2CCC(=O)NC2=O)C3=O)CCO1)C[C@H]1CC[C@H](n2cc(NC(=O)c3coc(-c4ccnc(NCC5CC5)c4)n3)c(C(F)F)n2)CC1. The molecule has 2 aliphatic carbocycles. The molecule has 6 heterocycles. The third kappa shape index (κ3) is 10.3. The number of hydrogen-bond acceptors (Lipinski definition) is 14. The molecule has 5 aliphatic rings. The Kier molecular flexibility index (Phi) is 13.5. The zero-order valence-electron chi connectivity index (χ0n) is 36.8. The highest BCUT2D eigenvalue weighted by Gasteiger charge is 2.45. The molecule has 5 amide bonds. The molecule has 18 nitrogen and oxygen atoms in total. The number of aromatic nitrogens is 4. The van der Waals surface area contributed by atoms with Crippen LogP contribution in [0.4, 0.5) is 26.0 Å². The van der Waals surface area contributed by atoms with Crippen LogP contribution in [0.2, 0.25) is 0 Å². The first-order valence-corrected chi connectivity index (χ1v) is 22.9. The lowest BCUT2D eigenvalue weighted by molar-refractivity contribution is -0.136. The summed E-state index contributed by atoms with van der Waals surface area (Å²) in [6, 6.07) is 7.48. The van der Waals surface area contributed by atoms with Gasteiger partial charge < -0.3 is 30.0 Å². The van der Waals surface area contributed by atoms with Crippen LogP contribution in [0.25, 0.3) is 11.5 Å². The lowest BCUT2D eigenvalue weighted by Gasteiger charge is -2.36. The average molecular weight is 912 g/mol. The number of oxazole rings is 1. The summed E-state index contributed by atoms with van der Waals surface area (Å²) in [6.45, 7) is 6.05. The molecule has 2 atom stereocenters. The number of carbonyl (C=O) groups excluding carboxylic acids is 5. The first-order valence-electron chi connectivity index (χ1n) is 22.9. The highest BCUT2D eigenvalue weighted by Crippen LogP contribution is 2.36.